The fourth-order valence-electron chi connectivity index (χ4n) is 2.10. The van der Waals surface area contributed by atoms with Crippen LogP contribution in [0.1, 0.15) is 13.3 Å². The van der Waals surface area contributed by atoms with Crippen LogP contribution in [-0.4, -0.2) is 54.4 Å². The van der Waals surface area contributed by atoms with Gasteiger partial charge in [0, 0.05) is 20.1 Å². The predicted molar refractivity (Wildman–Crippen MR) is 69.2 cm³/mol. The molecule has 0 spiro atoms. The van der Waals surface area contributed by atoms with Crippen molar-refractivity contribution in [2.75, 3.05) is 33.7 Å². The normalized spacial score (nSPS) is 23.1. The Morgan fingerprint density at radius 2 is 2.31 bits per heavy atom. The van der Waals surface area contributed by atoms with Crippen LogP contribution in [0.5, 0.6) is 0 Å². The van der Waals surface area contributed by atoms with E-state index in [2.05, 4.69) is 11.9 Å². The molecule has 1 aliphatic heterocycles. The summed E-state index contributed by atoms with van der Waals surface area (Å²) in [4.78, 5) is 16.2. The van der Waals surface area contributed by atoms with E-state index in [4.69, 9.17) is 18.0 Å². The van der Waals surface area contributed by atoms with Crippen molar-refractivity contribution < 1.29 is 4.79 Å². The number of likely N-dealkylation sites (tertiary alicyclic amines) is 1. The lowest BCUT2D eigenvalue weighted by Gasteiger charge is -2.23. The molecule has 0 aromatic heterocycles. The van der Waals surface area contributed by atoms with Crippen LogP contribution in [0.3, 0.4) is 0 Å². The van der Waals surface area contributed by atoms with Gasteiger partial charge < -0.3 is 15.5 Å². The van der Waals surface area contributed by atoms with Gasteiger partial charge in [0.25, 0.3) is 0 Å². The number of amides is 1. The fraction of sp³-hybridized carbons (Fsp3) is 0.818. The Labute approximate surface area is 103 Å². The Kier molecular flexibility index (Phi) is 4.68. The molecule has 1 amide bonds. The van der Waals surface area contributed by atoms with E-state index in [1.165, 1.54) is 0 Å². The van der Waals surface area contributed by atoms with Gasteiger partial charge in [0.2, 0.25) is 5.91 Å². The third-order valence-corrected chi connectivity index (χ3v) is 3.55. The van der Waals surface area contributed by atoms with E-state index >= 15 is 0 Å². The highest BCUT2D eigenvalue weighted by atomic mass is 32.1. The molecule has 0 aliphatic carbocycles. The molecule has 0 saturated carbocycles. The molecule has 4 nitrogen and oxygen atoms in total. The second kappa shape index (κ2) is 5.59. The van der Waals surface area contributed by atoms with Gasteiger partial charge in [-0.25, -0.2) is 0 Å². The average molecular weight is 243 g/mol. The third-order valence-electron chi connectivity index (χ3n) is 3.19. The maximum Gasteiger partial charge on any atom is 0.231 e. The molecule has 1 rings (SSSR count). The first-order valence-corrected chi connectivity index (χ1v) is 6.05. The molecule has 92 valence electrons. The van der Waals surface area contributed by atoms with E-state index in [-0.39, 0.29) is 16.8 Å². The zero-order valence-electron chi connectivity index (χ0n) is 10.3. The van der Waals surface area contributed by atoms with Crippen LogP contribution < -0.4 is 5.73 Å². The maximum absolute atomic E-state index is 11.9. The standard InChI is InChI=1S/C11H21N3OS/c1-8(10(12)16)11(15)14(3)7-9-4-5-13(2)6-9/h8-9H,4-7H2,1-3H3,(H2,12,16). The minimum atomic E-state index is -0.348. The molecule has 0 radical (unpaired) electrons. The van der Waals surface area contributed by atoms with Crippen molar-refractivity contribution in [3.63, 3.8) is 0 Å². The van der Waals surface area contributed by atoms with E-state index in [0.717, 1.165) is 26.1 Å². The SMILES string of the molecule is CC(C(=O)N(C)CC1CCN(C)C1)C(N)=S. The Bertz CT molecular complexity index is 282. The first-order valence-electron chi connectivity index (χ1n) is 5.64. The van der Waals surface area contributed by atoms with Crippen LogP contribution in [0.4, 0.5) is 0 Å². The van der Waals surface area contributed by atoms with E-state index < -0.39 is 0 Å². The Morgan fingerprint density at radius 3 is 2.75 bits per heavy atom. The molecular weight excluding hydrogens is 222 g/mol. The van der Waals surface area contributed by atoms with Gasteiger partial charge in [0.1, 0.15) is 0 Å². The molecule has 2 N–H and O–H groups in total. The topological polar surface area (TPSA) is 49.6 Å². The Hall–Kier alpha value is -0.680. The monoisotopic (exact) mass is 243 g/mol. The molecule has 2 unspecified atom stereocenters. The molecule has 0 bridgehead atoms. The number of nitrogens with zero attached hydrogens (tertiary/aromatic N) is 2. The summed E-state index contributed by atoms with van der Waals surface area (Å²) in [5, 5.41) is 0. The second-order valence-corrected chi connectivity index (χ2v) is 5.23. The summed E-state index contributed by atoms with van der Waals surface area (Å²) < 4.78 is 0. The summed E-state index contributed by atoms with van der Waals surface area (Å²) in [6.45, 7) is 4.76. The van der Waals surface area contributed by atoms with Gasteiger partial charge in [-0.1, -0.05) is 12.2 Å². The van der Waals surface area contributed by atoms with Crippen molar-refractivity contribution in [1.29, 1.82) is 0 Å². The average Bonchev–Trinajstić information content (AvgIpc) is 2.61. The van der Waals surface area contributed by atoms with E-state index in [1.807, 2.05) is 7.05 Å². The van der Waals surface area contributed by atoms with Crippen molar-refractivity contribution in [3.8, 4) is 0 Å². The minimum absolute atomic E-state index is 0.0297. The van der Waals surface area contributed by atoms with Crippen LogP contribution in [-0.2, 0) is 4.79 Å². The molecular formula is C11H21N3OS. The van der Waals surface area contributed by atoms with E-state index in [0.29, 0.717) is 5.92 Å². The molecule has 0 aromatic carbocycles. The van der Waals surface area contributed by atoms with E-state index in [1.54, 1.807) is 11.8 Å². The highest BCUT2D eigenvalue weighted by molar-refractivity contribution is 7.80. The van der Waals surface area contributed by atoms with Crippen molar-refractivity contribution in [1.82, 2.24) is 9.80 Å². The van der Waals surface area contributed by atoms with Gasteiger partial charge in [0.15, 0.2) is 0 Å². The van der Waals surface area contributed by atoms with Crippen molar-refractivity contribution in [2.45, 2.75) is 13.3 Å². The first kappa shape index (κ1) is 13.4. The van der Waals surface area contributed by atoms with Gasteiger partial charge in [-0.05, 0) is 32.9 Å². The lowest BCUT2D eigenvalue weighted by molar-refractivity contribution is -0.132. The van der Waals surface area contributed by atoms with Gasteiger partial charge in [0.05, 0.1) is 10.9 Å². The number of hydrogen-bond acceptors (Lipinski definition) is 3. The number of rotatable bonds is 4. The molecule has 1 heterocycles. The second-order valence-electron chi connectivity index (χ2n) is 4.76. The third kappa shape index (κ3) is 3.42. The summed E-state index contributed by atoms with van der Waals surface area (Å²) in [6, 6.07) is 0. The van der Waals surface area contributed by atoms with Crippen molar-refractivity contribution in [3.05, 3.63) is 0 Å². The largest absolute Gasteiger partial charge is 0.393 e. The molecule has 5 heteroatoms. The van der Waals surface area contributed by atoms with Crippen LogP contribution >= 0.6 is 12.2 Å². The molecule has 16 heavy (non-hydrogen) atoms. The predicted octanol–water partition coefficient (Wildman–Crippen LogP) is 0.319. The highest BCUT2D eigenvalue weighted by Gasteiger charge is 2.25. The van der Waals surface area contributed by atoms with Crippen LogP contribution in [0.2, 0.25) is 0 Å². The van der Waals surface area contributed by atoms with Crippen molar-refractivity contribution in [2.24, 2.45) is 17.6 Å². The lowest BCUT2D eigenvalue weighted by Crippen LogP contribution is -2.40. The highest BCUT2D eigenvalue weighted by Crippen LogP contribution is 2.16. The zero-order chi connectivity index (χ0) is 12.3. The molecule has 1 saturated heterocycles. The van der Waals surface area contributed by atoms with Crippen LogP contribution in [0.25, 0.3) is 0 Å². The summed E-state index contributed by atoms with van der Waals surface area (Å²) >= 11 is 4.84. The molecule has 2 atom stereocenters. The minimum Gasteiger partial charge on any atom is -0.393 e. The van der Waals surface area contributed by atoms with Crippen LogP contribution in [0, 0.1) is 11.8 Å². The lowest BCUT2D eigenvalue weighted by atomic mass is 10.1. The number of thiocarbonyl (C=S) groups is 1. The number of carbonyl (C=O) groups is 1. The van der Waals surface area contributed by atoms with E-state index in [9.17, 15) is 4.79 Å². The first-order chi connectivity index (χ1) is 7.41. The number of carbonyl (C=O) groups excluding carboxylic acids is 1. The Morgan fingerprint density at radius 1 is 1.69 bits per heavy atom. The quantitative estimate of drug-likeness (QED) is 0.723. The van der Waals surface area contributed by atoms with Crippen LogP contribution in [0.15, 0.2) is 0 Å². The molecule has 0 aromatic rings. The van der Waals surface area contributed by atoms with Gasteiger partial charge >= 0.3 is 0 Å². The summed E-state index contributed by atoms with van der Waals surface area (Å²) in [5.74, 6) is 0.263. The van der Waals surface area contributed by atoms with Crippen molar-refractivity contribution >= 4 is 23.1 Å². The molecule has 1 aliphatic rings. The van der Waals surface area contributed by atoms with Gasteiger partial charge in [-0.15, -0.1) is 0 Å². The summed E-state index contributed by atoms with van der Waals surface area (Å²) in [6.07, 6.45) is 1.16. The fourth-order valence-corrected chi connectivity index (χ4v) is 2.21. The molecule has 1 fully saturated rings. The van der Waals surface area contributed by atoms with Gasteiger partial charge in [-0.2, -0.15) is 0 Å². The summed E-state index contributed by atoms with van der Waals surface area (Å²) in [7, 11) is 3.94. The zero-order valence-corrected chi connectivity index (χ0v) is 11.1. The Balaban J connectivity index is 2.42. The van der Waals surface area contributed by atoms with Gasteiger partial charge in [-0.3, -0.25) is 4.79 Å². The number of hydrogen-bond donors (Lipinski definition) is 1. The smallest absolute Gasteiger partial charge is 0.231 e. The number of nitrogens with two attached hydrogens (primary N) is 1. The maximum atomic E-state index is 11.9. The summed E-state index contributed by atoms with van der Waals surface area (Å²) in [5.41, 5.74) is 5.48.